The van der Waals surface area contributed by atoms with Crippen LogP contribution in [-0.4, -0.2) is 25.6 Å². The largest absolute Gasteiger partial charge is 0.481 e. The van der Waals surface area contributed by atoms with Gasteiger partial charge in [-0.3, -0.25) is 0 Å². The number of thiazole rings is 1. The molecule has 0 amide bonds. The molecule has 0 spiro atoms. The number of nitrogens with zero attached hydrogens (tertiary/aromatic N) is 3. The highest BCUT2D eigenvalue weighted by Gasteiger charge is 2.19. The van der Waals surface area contributed by atoms with Crippen LogP contribution < -0.4 is 4.74 Å². The van der Waals surface area contributed by atoms with E-state index in [9.17, 15) is 14.3 Å². The first-order chi connectivity index (χ1) is 15.1. The average Bonchev–Trinajstić information content (AvgIpc) is 3.47. The summed E-state index contributed by atoms with van der Waals surface area (Å²) < 4.78 is 21.1. The van der Waals surface area contributed by atoms with Crippen molar-refractivity contribution < 1.29 is 19.0 Å². The summed E-state index contributed by atoms with van der Waals surface area (Å²) in [5.41, 5.74) is 1.84. The molecule has 0 aliphatic rings. The molecular formula is C23H20FN3O3S. The first-order valence-corrected chi connectivity index (χ1v) is 10.6. The number of ether oxygens (including phenoxy) is 1. The van der Waals surface area contributed by atoms with Crippen molar-refractivity contribution in [1.82, 2.24) is 14.5 Å². The van der Waals surface area contributed by atoms with Gasteiger partial charge in [0.1, 0.15) is 16.6 Å². The maximum absolute atomic E-state index is 13.1. The number of carboxylic acid groups (broad SMARTS) is 1. The first kappa shape index (κ1) is 20.7. The molecule has 1 atom stereocenters. The molecule has 6 nitrogen and oxygen atoms in total. The normalized spacial score (nSPS) is 11.9. The zero-order chi connectivity index (χ0) is 21.6. The van der Waals surface area contributed by atoms with E-state index >= 15 is 0 Å². The van der Waals surface area contributed by atoms with Crippen LogP contribution in [0.5, 0.6) is 5.75 Å². The fourth-order valence-electron chi connectivity index (χ4n) is 3.29. The highest BCUT2D eigenvalue weighted by Crippen LogP contribution is 2.27. The van der Waals surface area contributed by atoms with Crippen LogP contribution in [0.4, 0.5) is 4.39 Å². The molecule has 2 aromatic heterocycles. The summed E-state index contributed by atoms with van der Waals surface area (Å²) in [6.07, 6.45) is 7.71. The number of aryl methyl sites for hydroxylation is 2. The Labute approximate surface area is 182 Å². The number of benzene rings is 2. The van der Waals surface area contributed by atoms with Gasteiger partial charge >= 0.3 is 5.97 Å². The monoisotopic (exact) mass is 437 g/mol. The predicted octanol–water partition coefficient (Wildman–Crippen LogP) is 4.78. The third kappa shape index (κ3) is 5.35. The minimum atomic E-state index is -1.01. The van der Waals surface area contributed by atoms with Crippen molar-refractivity contribution in [3.05, 3.63) is 100 Å². The van der Waals surface area contributed by atoms with E-state index in [-0.39, 0.29) is 17.5 Å². The second kappa shape index (κ2) is 9.53. The average molecular weight is 437 g/mol. The van der Waals surface area contributed by atoms with Gasteiger partial charge in [0, 0.05) is 24.0 Å². The van der Waals surface area contributed by atoms with Crippen molar-refractivity contribution in [2.24, 2.45) is 0 Å². The third-order valence-electron chi connectivity index (χ3n) is 4.85. The highest BCUT2D eigenvalue weighted by atomic mass is 32.1. The minimum absolute atomic E-state index is 0.195. The van der Waals surface area contributed by atoms with Crippen LogP contribution in [0.1, 0.15) is 32.6 Å². The Morgan fingerprint density at radius 3 is 2.68 bits per heavy atom. The lowest BCUT2D eigenvalue weighted by atomic mass is 9.99. The van der Waals surface area contributed by atoms with Crippen molar-refractivity contribution >= 4 is 17.3 Å². The molecule has 0 aliphatic carbocycles. The summed E-state index contributed by atoms with van der Waals surface area (Å²) in [5.74, 6) is -0.842. The molecule has 0 bridgehead atoms. The Morgan fingerprint density at radius 2 is 2.00 bits per heavy atom. The Kier molecular flexibility index (Phi) is 6.37. The van der Waals surface area contributed by atoms with Crippen molar-refractivity contribution in [3.8, 4) is 5.75 Å². The Morgan fingerprint density at radius 1 is 1.16 bits per heavy atom. The number of aromatic nitrogens is 3. The molecule has 4 rings (SSSR count). The maximum Gasteiger partial charge on any atom is 0.336 e. The topological polar surface area (TPSA) is 77.2 Å². The van der Waals surface area contributed by atoms with Gasteiger partial charge in [-0.2, -0.15) is 0 Å². The minimum Gasteiger partial charge on any atom is -0.481 e. The first-order valence-electron chi connectivity index (χ1n) is 9.71. The second-order valence-corrected chi connectivity index (χ2v) is 7.91. The number of hydrogen-bond donors (Lipinski definition) is 1. The van der Waals surface area contributed by atoms with Crippen LogP contribution in [0, 0.1) is 5.82 Å². The SMILES string of the molecule is O=C(O)c1cc(OC(Cn2ccnc2)c2nccs2)ccc1CCc1ccc(F)cc1. The molecule has 1 N–H and O–H groups in total. The van der Waals surface area contributed by atoms with Crippen molar-refractivity contribution in [1.29, 1.82) is 0 Å². The number of imidazole rings is 1. The summed E-state index contributed by atoms with van der Waals surface area (Å²) in [5, 5.41) is 12.4. The van der Waals surface area contributed by atoms with E-state index in [1.165, 1.54) is 23.5 Å². The molecular weight excluding hydrogens is 417 g/mol. The lowest BCUT2D eigenvalue weighted by molar-refractivity contribution is 0.0694. The maximum atomic E-state index is 13.1. The molecule has 2 aromatic carbocycles. The quantitative estimate of drug-likeness (QED) is 0.408. The Balaban J connectivity index is 1.53. The smallest absolute Gasteiger partial charge is 0.336 e. The summed E-state index contributed by atoms with van der Waals surface area (Å²) in [7, 11) is 0. The highest BCUT2D eigenvalue weighted by molar-refractivity contribution is 7.09. The molecule has 158 valence electrons. The van der Waals surface area contributed by atoms with Crippen LogP contribution in [0.15, 0.2) is 72.8 Å². The van der Waals surface area contributed by atoms with E-state index in [1.807, 2.05) is 16.1 Å². The van der Waals surface area contributed by atoms with Gasteiger partial charge < -0.3 is 14.4 Å². The van der Waals surface area contributed by atoms with E-state index in [0.29, 0.717) is 30.7 Å². The summed E-state index contributed by atoms with van der Waals surface area (Å²) in [4.78, 5) is 20.3. The fourth-order valence-corrected chi connectivity index (χ4v) is 3.94. The van der Waals surface area contributed by atoms with Gasteiger partial charge in [0.2, 0.25) is 0 Å². The van der Waals surface area contributed by atoms with Crippen LogP contribution in [0.3, 0.4) is 0 Å². The van der Waals surface area contributed by atoms with Crippen molar-refractivity contribution in [2.75, 3.05) is 0 Å². The molecule has 0 aliphatic heterocycles. The second-order valence-electron chi connectivity index (χ2n) is 6.99. The molecule has 31 heavy (non-hydrogen) atoms. The number of hydrogen-bond acceptors (Lipinski definition) is 5. The van der Waals surface area contributed by atoms with Gasteiger partial charge in [-0.25, -0.2) is 19.2 Å². The number of aromatic carboxylic acids is 1. The molecule has 2 heterocycles. The van der Waals surface area contributed by atoms with Gasteiger partial charge in [-0.15, -0.1) is 11.3 Å². The number of carboxylic acids is 1. The molecule has 0 fully saturated rings. The summed E-state index contributed by atoms with van der Waals surface area (Å²) in [6, 6.07) is 11.3. The van der Waals surface area contributed by atoms with Gasteiger partial charge in [-0.05, 0) is 48.2 Å². The van der Waals surface area contributed by atoms with Crippen molar-refractivity contribution in [3.63, 3.8) is 0 Å². The van der Waals surface area contributed by atoms with E-state index in [0.717, 1.165) is 10.6 Å². The van der Waals surface area contributed by atoms with Crippen LogP contribution in [0.2, 0.25) is 0 Å². The van der Waals surface area contributed by atoms with Gasteiger partial charge in [0.05, 0.1) is 18.4 Å². The lowest BCUT2D eigenvalue weighted by Crippen LogP contribution is -2.15. The number of carbonyl (C=O) groups is 1. The van der Waals surface area contributed by atoms with Gasteiger partial charge in [0.15, 0.2) is 6.10 Å². The van der Waals surface area contributed by atoms with Crippen LogP contribution in [-0.2, 0) is 19.4 Å². The predicted molar refractivity (Wildman–Crippen MR) is 115 cm³/mol. The van der Waals surface area contributed by atoms with Crippen LogP contribution >= 0.6 is 11.3 Å². The summed E-state index contributed by atoms with van der Waals surface area (Å²) >= 11 is 1.48. The van der Waals surface area contributed by atoms with Crippen LogP contribution in [0.25, 0.3) is 0 Å². The molecule has 8 heteroatoms. The van der Waals surface area contributed by atoms with Gasteiger partial charge in [0.25, 0.3) is 0 Å². The number of halogens is 1. The molecule has 0 saturated heterocycles. The van der Waals surface area contributed by atoms with E-state index in [1.54, 1.807) is 49.1 Å². The van der Waals surface area contributed by atoms with E-state index in [4.69, 9.17) is 4.74 Å². The third-order valence-corrected chi connectivity index (χ3v) is 5.72. The Hall–Kier alpha value is -3.52. The molecule has 0 saturated carbocycles. The molecule has 1 unspecified atom stereocenters. The zero-order valence-corrected chi connectivity index (χ0v) is 17.3. The van der Waals surface area contributed by atoms with E-state index < -0.39 is 5.97 Å². The zero-order valence-electron chi connectivity index (χ0n) is 16.5. The molecule has 4 aromatic rings. The van der Waals surface area contributed by atoms with E-state index in [2.05, 4.69) is 9.97 Å². The Bertz CT molecular complexity index is 1130. The number of rotatable bonds is 9. The standard InChI is InChI=1S/C23H20FN3O3S/c24-18-6-2-16(3-7-18)1-4-17-5-8-19(13-20(17)23(28)29)30-21(22-26-10-12-31-22)14-27-11-9-25-15-27/h2-3,5-13,15,21H,1,4,14H2,(H,28,29). The summed E-state index contributed by atoms with van der Waals surface area (Å²) in [6.45, 7) is 0.502. The van der Waals surface area contributed by atoms with Gasteiger partial charge in [-0.1, -0.05) is 18.2 Å². The van der Waals surface area contributed by atoms with Crippen molar-refractivity contribution in [2.45, 2.75) is 25.5 Å². The molecule has 0 radical (unpaired) electrons. The fraction of sp³-hybridized carbons (Fsp3) is 0.174. The lowest BCUT2D eigenvalue weighted by Gasteiger charge is -2.18.